The van der Waals surface area contributed by atoms with Crippen LogP contribution in [-0.2, 0) is 14.8 Å². The lowest BCUT2D eigenvalue weighted by Gasteiger charge is -2.11. The smallest absolute Gasteiger partial charge is 0.270 e. The molecule has 0 saturated heterocycles. The van der Waals surface area contributed by atoms with E-state index in [1.54, 1.807) is 0 Å². The molecule has 0 unspecified atom stereocenters. The summed E-state index contributed by atoms with van der Waals surface area (Å²) < 4.78 is 32.1. The molecule has 0 heterocycles. The van der Waals surface area contributed by atoms with Gasteiger partial charge in [-0.3, -0.25) is 14.9 Å². The van der Waals surface area contributed by atoms with Crippen molar-refractivity contribution < 1.29 is 22.9 Å². The number of amides is 1. The van der Waals surface area contributed by atoms with Crippen LogP contribution in [0, 0.1) is 24.0 Å². The molecule has 0 aliphatic carbocycles. The number of sulfonamides is 1. The fraction of sp³-hybridized carbons (Fsp3) is 0.278. The maximum Gasteiger partial charge on any atom is 0.270 e. The van der Waals surface area contributed by atoms with E-state index in [0.29, 0.717) is 5.75 Å². The Bertz CT molecular complexity index is 975. The van der Waals surface area contributed by atoms with Gasteiger partial charge in [0.15, 0.2) is 6.61 Å². The van der Waals surface area contributed by atoms with Crippen molar-refractivity contribution in [2.45, 2.75) is 18.7 Å². The summed E-state index contributed by atoms with van der Waals surface area (Å²) in [5.74, 6) is 0.219. The molecule has 1 amide bonds. The number of nitro benzene ring substituents is 1. The Kier molecular flexibility index (Phi) is 7.07. The predicted molar refractivity (Wildman–Crippen MR) is 103 cm³/mol. The number of rotatable bonds is 9. The van der Waals surface area contributed by atoms with Crippen molar-refractivity contribution >= 4 is 21.6 Å². The highest BCUT2D eigenvalue weighted by molar-refractivity contribution is 7.89. The summed E-state index contributed by atoms with van der Waals surface area (Å²) in [7, 11) is -3.92. The fourth-order valence-electron chi connectivity index (χ4n) is 2.29. The molecule has 150 valence electrons. The minimum Gasteiger partial charge on any atom is -0.483 e. The second-order valence-electron chi connectivity index (χ2n) is 6.06. The number of non-ortho nitro benzene ring substituents is 1. The summed E-state index contributed by atoms with van der Waals surface area (Å²) in [6, 6.07) is 10.4. The summed E-state index contributed by atoms with van der Waals surface area (Å²) in [6.45, 7) is 3.57. The van der Waals surface area contributed by atoms with Gasteiger partial charge >= 0.3 is 0 Å². The van der Waals surface area contributed by atoms with Crippen molar-refractivity contribution in [1.29, 1.82) is 0 Å². The van der Waals surface area contributed by atoms with E-state index in [1.165, 1.54) is 18.2 Å². The average Bonchev–Trinajstić information content (AvgIpc) is 2.66. The van der Waals surface area contributed by atoms with E-state index in [0.717, 1.165) is 17.2 Å². The summed E-state index contributed by atoms with van der Waals surface area (Å²) in [5, 5.41) is 13.3. The van der Waals surface area contributed by atoms with Gasteiger partial charge in [-0.05, 0) is 37.1 Å². The fourth-order valence-corrected chi connectivity index (χ4v) is 3.36. The van der Waals surface area contributed by atoms with Crippen LogP contribution in [0.3, 0.4) is 0 Å². The zero-order valence-corrected chi connectivity index (χ0v) is 16.3. The number of nitrogens with one attached hydrogen (secondary N) is 2. The number of carbonyl (C=O) groups excluding carboxylic acids is 1. The number of nitro groups is 1. The molecule has 0 atom stereocenters. The molecule has 9 nitrogen and oxygen atoms in total. The van der Waals surface area contributed by atoms with Crippen LogP contribution in [-0.4, -0.2) is 38.9 Å². The molecular weight excluding hydrogens is 386 g/mol. The van der Waals surface area contributed by atoms with E-state index < -0.39 is 20.9 Å². The van der Waals surface area contributed by atoms with Gasteiger partial charge in [0.25, 0.3) is 11.6 Å². The van der Waals surface area contributed by atoms with Crippen LogP contribution < -0.4 is 14.8 Å². The van der Waals surface area contributed by atoms with Gasteiger partial charge in [0.05, 0.1) is 9.82 Å². The quantitative estimate of drug-likeness (QED) is 0.370. The Labute approximate surface area is 162 Å². The van der Waals surface area contributed by atoms with Crippen LogP contribution in [0.1, 0.15) is 11.1 Å². The zero-order chi connectivity index (χ0) is 20.7. The molecule has 0 fully saturated rings. The number of carbonyl (C=O) groups is 1. The largest absolute Gasteiger partial charge is 0.483 e. The first-order valence-corrected chi connectivity index (χ1v) is 9.88. The lowest BCUT2D eigenvalue weighted by Crippen LogP contribution is -2.36. The van der Waals surface area contributed by atoms with Gasteiger partial charge < -0.3 is 10.1 Å². The van der Waals surface area contributed by atoms with Gasteiger partial charge in [0.1, 0.15) is 5.75 Å². The molecule has 0 aliphatic rings. The summed E-state index contributed by atoms with van der Waals surface area (Å²) in [6.07, 6.45) is 0. The van der Waals surface area contributed by atoms with E-state index in [-0.39, 0.29) is 30.3 Å². The third kappa shape index (κ3) is 6.03. The van der Waals surface area contributed by atoms with E-state index in [4.69, 9.17) is 4.74 Å². The lowest BCUT2D eigenvalue weighted by atomic mass is 10.1. The Morgan fingerprint density at radius 2 is 1.89 bits per heavy atom. The third-order valence-electron chi connectivity index (χ3n) is 3.78. The highest BCUT2D eigenvalue weighted by atomic mass is 32.2. The van der Waals surface area contributed by atoms with Crippen LogP contribution in [0.5, 0.6) is 5.75 Å². The van der Waals surface area contributed by atoms with E-state index in [2.05, 4.69) is 10.0 Å². The third-order valence-corrected chi connectivity index (χ3v) is 5.24. The molecule has 28 heavy (non-hydrogen) atoms. The molecule has 2 aromatic rings. The Morgan fingerprint density at radius 1 is 1.14 bits per heavy atom. The number of ether oxygens (including phenoxy) is 1. The first-order valence-electron chi connectivity index (χ1n) is 8.40. The standard InChI is InChI=1S/C18H21N3O6S/c1-13-6-7-14(2)17(10-13)27-12-18(22)19-8-9-20-28(25,26)16-5-3-4-15(11-16)21(23)24/h3-7,10-11,20H,8-9,12H2,1-2H3,(H,19,22). The predicted octanol–water partition coefficient (Wildman–Crippen LogP) is 1.69. The minimum absolute atomic E-state index is 0.0448. The van der Waals surface area contributed by atoms with Crippen molar-refractivity contribution in [2.75, 3.05) is 19.7 Å². The molecule has 2 rings (SSSR count). The summed E-state index contributed by atoms with van der Waals surface area (Å²) in [4.78, 5) is 21.7. The summed E-state index contributed by atoms with van der Waals surface area (Å²) in [5.41, 5.74) is 1.60. The van der Waals surface area contributed by atoms with Crippen molar-refractivity contribution in [3.8, 4) is 5.75 Å². The highest BCUT2D eigenvalue weighted by Crippen LogP contribution is 2.19. The normalized spacial score (nSPS) is 11.1. The molecule has 2 N–H and O–H groups in total. The molecule has 0 aliphatic heterocycles. The second-order valence-corrected chi connectivity index (χ2v) is 7.83. The van der Waals surface area contributed by atoms with Gasteiger partial charge in [0.2, 0.25) is 10.0 Å². The molecule has 0 aromatic heterocycles. The molecular formula is C18H21N3O6S. The molecule has 0 saturated carbocycles. The van der Waals surface area contributed by atoms with Crippen molar-refractivity contribution in [3.05, 3.63) is 63.7 Å². The van der Waals surface area contributed by atoms with Crippen molar-refractivity contribution in [3.63, 3.8) is 0 Å². The van der Waals surface area contributed by atoms with E-state index in [1.807, 2.05) is 32.0 Å². The number of nitrogens with zero attached hydrogens (tertiary/aromatic N) is 1. The van der Waals surface area contributed by atoms with Crippen molar-refractivity contribution in [1.82, 2.24) is 10.0 Å². The van der Waals surface area contributed by atoms with Crippen LogP contribution in [0.2, 0.25) is 0 Å². The zero-order valence-electron chi connectivity index (χ0n) is 15.5. The number of aryl methyl sites for hydroxylation is 2. The van der Waals surface area contributed by atoms with Gasteiger partial charge in [-0.15, -0.1) is 0 Å². The number of hydrogen-bond acceptors (Lipinski definition) is 6. The van der Waals surface area contributed by atoms with Crippen LogP contribution >= 0.6 is 0 Å². The second kappa shape index (κ2) is 9.29. The van der Waals surface area contributed by atoms with Crippen LogP contribution in [0.15, 0.2) is 47.4 Å². The SMILES string of the molecule is Cc1ccc(C)c(OCC(=O)NCCNS(=O)(=O)c2cccc([N+](=O)[O-])c2)c1. The van der Waals surface area contributed by atoms with Crippen molar-refractivity contribution in [2.24, 2.45) is 0 Å². The van der Waals surface area contributed by atoms with E-state index >= 15 is 0 Å². The molecule has 0 bridgehead atoms. The highest BCUT2D eigenvalue weighted by Gasteiger charge is 2.17. The molecule has 2 aromatic carbocycles. The van der Waals surface area contributed by atoms with Crippen LogP contribution in [0.25, 0.3) is 0 Å². The van der Waals surface area contributed by atoms with Gasteiger partial charge in [-0.25, -0.2) is 13.1 Å². The monoisotopic (exact) mass is 407 g/mol. The first-order chi connectivity index (χ1) is 13.2. The minimum atomic E-state index is -3.92. The van der Waals surface area contributed by atoms with Gasteiger partial charge in [-0.1, -0.05) is 18.2 Å². The number of benzene rings is 2. The van der Waals surface area contributed by atoms with E-state index in [9.17, 15) is 23.3 Å². The molecule has 0 radical (unpaired) electrons. The molecule has 10 heteroatoms. The van der Waals surface area contributed by atoms with Gasteiger partial charge in [-0.2, -0.15) is 0 Å². The first kappa shape index (κ1) is 21.3. The Morgan fingerprint density at radius 3 is 2.61 bits per heavy atom. The lowest BCUT2D eigenvalue weighted by molar-refractivity contribution is -0.385. The Balaban J connectivity index is 1.80. The van der Waals surface area contributed by atoms with Gasteiger partial charge in [0, 0.05) is 25.2 Å². The molecule has 0 spiro atoms. The maximum atomic E-state index is 12.2. The topological polar surface area (TPSA) is 128 Å². The maximum absolute atomic E-state index is 12.2. The Hall–Kier alpha value is -2.98. The average molecular weight is 407 g/mol. The summed E-state index contributed by atoms with van der Waals surface area (Å²) >= 11 is 0. The van der Waals surface area contributed by atoms with Crippen LogP contribution in [0.4, 0.5) is 5.69 Å². The number of hydrogen-bond donors (Lipinski definition) is 2.